The molecule has 1 heterocycles. The van der Waals surface area contributed by atoms with Crippen molar-refractivity contribution >= 4 is 6.03 Å². The molecule has 104 valence electrons. The van der Waals surface area contributed by atoms with E-state index in [1.54, 1.807) is 0 Å². The molecule has 2 amide bonds. The van der Waals surface area contributed by atoms with Crippen molar-refractivity contribution in [1.82, 2.24) is 10.2 Å². The van der Waals surface area contributed by atoms with Crippen LogP contribution in [-0.2, 0) is 0 Å². The Morgan fingerprint density at radius 1 is 1.26 bits per heavy atom. The summed E-state index contributed by atoms with van der Waals surface area (Å²) in [5.41, 5.74) is 1.23. The first-order chi connectivity index (χ1) is 9.25. The Labute approximate surface area is 114 Å². The van der Waals surface area contributed by atoms with Gasteiger partial charge in [0.1, 0.15) is 5.75 Å². The van der Waals surface area contributed by atoms with E-state index >= 15 is 0 Å². The minimum Gasteiger partial charge on any atom is -0.494 e. The van der Waals surface area contributed by atoms with Crippen molar-refractivity contribution in [3.63, 3.8) is 0 Å². The first kappa shape index (κ1) is 13.7. The number of rotatable bonds is 5. The van der Waals surface area contributed by atoms with Gasteiger partial charge < -0.3 is 15.0 Å². The van der Waals surface area contributed by atoms with Crippen molar-refractivity contribution < 1.29 is 9.53 Å². The highest BCUT2D eigenvalue weighted by molar-refractivity contribution is 5.74. The van der Waals surface area contributed by atoms with Gasteiger partial charge >= 0.3 is 6.03 Å². The van der Waals surface area contributed by atoms with Crippen LogP contribution in [0.4, 0.5) is 4.79 Å². The Bertz CT molecular complexity index is 397. The number of likely N-dealkylation sites (tertiary alicyclic amines) is 1. The number of hydrogen-bond donors (Lipinski definition) is 1. The Balaban J connectivity index is 1.56. The third-order valence-electron chi connectivity index (χ3n) is 3.28. The van der Waals surface area contributed by atoms with Crippen LogP contribution in [0.1, 0.15) is 24.8 Å². The summed E-state index contributed by atoms with van der Waals surface area (Å²) in [6.07, 6.45) is 3.08. The topological polar surface area (TPSA) is 41.6 Å². The van der Waals surface area contributed by atoms with Crippen molar-refractivity contribution in [2.45, 2.75) is 26.2 Å². The molecule has 0 unspecified atom stereocenters. The monoisotopic (exact) mass is 262 g/mol. The van der Waals surface area contributed by atoms with Gasteiger partial charge in [-0.05, 0) is 38.3 Å². The highest BCUT2D eigenvalue weighted by Crippen LogP contribution is 2.11. The van der Waals surface area contributed by atoms with Gasteiger partial charge in [-0.2, -0.15) is 0 Å². The van der Waals surface area contributed by atoms with E-state index in [9.17, 15) is 4.79 Å². The molecule has 1 aromatic rings. The maximum atomic E-state index is 11.7. The average Bonchev–Trinajstić information content (AvgIpc) is 2.94. The van der Waals surface area contributed by atoms with Crippen LogP contribution in [-0.4, -0.2) is 37.2 Å². The third-order valence-corrected chi connectivity index (χ3v) is 3.28. The summed E-state index contributed by atoms with van der Waals surface area (Å²) >= 11 is 0. The van der Waals surface area contributed by atoms with Crippen molar-refractivity contribution in [2.24, 2.45) is 0 Å². The minimum absolute atomic E-state index is 0.0628. The molecule has 0 spiro atoms. The fourth-order valence-corrected chi connectivity index (χ4v) is 2.12. The quantitative estimate of drug-likeness (QED) is 0.829. The van der Waals surface area contributed by atoms with Crippen LogP contribution in [0.3, 0.4) is 0 Å². The lowest BCUT2D eigenvalue weighted by Crippen LogP contribution is -2.38. The smallest absolute Gasteiger partial charge is 0.317 e. The van der Waals surface area contributed by atoms with Crippen molar-refractivity contribution in [2.75, 3.05) is 26.2 Å². The molecular weight excluding hydrogens is 240 g/mol. The first-order valence-electron chi connectivity index (χ1n) is 6.98. The van der Waals surface area contributed by atoms with Crippen molar-refractivity contribution in [3.05, 3.63) is 29.8 Å². The van der Waals surface area contributed by atoms with E-state index in [0.717, 1.165) is 38.1 Å². The Morgan fingerprint density at radius 2 is 1.95 bits per heavy atom. The van der Waals surface area contributed by atoms with E-state index in [0.29, 0.717) is 13.2 Å². The molecule has 0 saturated carbocycles. The van der Waals surface area contributed by atoms with Crippen LogP contribution in [0.2, 0.25) is 0 Å². The molecule has 1 aromatic carbocycles. The predicted octanol–water partition coefficient (Wildman–Crippen LogP) is 2.57. The summed E-state index contributed by atoms with van der Waals surface area (Å²) < 4.78 is 5.60. The zero-order valence-electron chi connectivity index (χ0n) is 11.5. The van der Waals surface area contributed by atoms with Crippen LogP contribution in [0.15, 0.2) is 24.3 Å². The SMILES string of the molecule is Cc1ccc(OCCCNC(=O)N2CCCC2)cc1. The number of urea groups is 1. The van der Waals surface area contributed by atoms with E-state index in [-0.39, 0.29) is 6.03 Å². The van der Waals surface area contributed by atoms with Crippen LogP contribution in [0.5, 0.6) is 5.75 Å². The van der Waals surface area contributed by atoms with Crippen molar-refractivity contribution in [3.8, 4) is 5.75 Å². The molecule has 0 atom stereocenters. The molecule has 19 heavy (non-hydrogen) atoms. The summed E-state index contributed by atoms with van der Waals surface area (Å²) in [7, 11) is 0. The van der Waals surface area contributed by atoms with E-state index < -0.39 is 0 Å². The second-order valence-electron chi connectivity index (χ2n) is 4.94. The molecule has 1 saturated heterocycles. The summed E-state index contributed by atoms with van der Waals surface area (Å²) in [4.78, 5) is 13.6. The molecule has 0 bridgehead atoms. The zero-order valence-corrected chi connectivity index (χ0v) is 11.5. The van der Waals surface area contributed by atoms with Gasteiger partial charge in [-0.15, -0.1) is 0 Å². The molecule has 4 heteroatoms. The van der Waals surface area contributed by atoms with E-state index in [2.05, 4.69) is 12.2 Å². The van der Waals surface area contributed by atoms with Gasteiger partial charge in [0.05, 0.1) is 6.61 Å². The zero-order chi connectivity index (χ0) is 13.5. The second kappa shape index (κ2) is 7.02. The lowest BCUT2D eigenvalue weighted by Gasteiger charge is -2.16. The van der Waals surface area contributed by atoms with Gasteiger partial charge in [0, 0.05) is 19.6 Å². The fraction of sp³-hybridized carbons (Fsp3) is 0.533. The largest absolute Gasteiger partial charge is 0.494 e. The minimum atomic E-state index is 0.0628. The highest BCUT2D eigenvalue weighted by atomic mass is 16.5. The van der Waals surface area contributed by atoms with Crippen molar-refractivity contribution in [1.29, 1.82) is 0 Å². The highest BCUT2D eigenvalue weighted by Gasteiger charge is 2.16. The number of benzene rings is 1. The average molecular weight is 262 g/mol. The van der Waals surface area contributed by atoms with Gasteiger partial charge in [-0.25, -0.2) is 4.79 Å². The molecule has 1 aliphatic rings. The molecule has 2 rings (SSSR count). The molecule has 0 aliphatic carbocycles. The number of carbonyl (C=O) groups excluding carboxylic acids is 1. The molecule has 1 aliphatic heterocycles. The first-order valence-corrected chi connectivity index (χ1v) is 6.98. The number of ether oxygens (including phenoxy) is 1. The van der Waals surface area contributed by atoms with Gasteiger partial charge in [0.25, 0.3) is 0 Å². The maximum absolute atomic E-state index is 11.7. The van der Waals surface area contributed by atoms with Crippen LogP contribution >= 0.6 is 0 Å². The summed E-state index contributed by atoms with van der Waals surface area (Å²) in [6.45, 7) is 5.14. The van der Waals surface area contributed by atoms with E-state index in [4.69, 9.17) is 4.74 Å². The number of nitrogens with one attached hydrogen (secondary N) is 1. The normalized spacial score (nSPS) is 14.5. The Kier molecular flexibility index (Phi) is 5.07. The Morgan fingerprint density at radius 3 is 2.63 bits per heavy atom. The van der Waals surface area contributed by atoms with Crippen LogP contribution in [0, 0.1) is 6.92 Å². The van der Waals surface area contributed by atoms with Crippen LogP contribution < -0.4 is 10.1 Å². The standard InChI is InChI=1S/C15H22N2O2/c1-13-5-7-14(8-6-13)19-12-4-9-16-15(18)17-10-2-3-11-17/h5-8H,2-4,9-12H2,1H3,(H,16,18). The lowest BCUT2D eigenvalue weighted by atomic mass is 10.2. The number of nitrogens with zero attached hydrogens (tertiary/aromatic N) is 1. The van der Waals surface area contributed by atoms with Gasteiger partial charge in [0.15, 0.2) is 0 Å². The molecule has 1 fully saturated rings. The fourth-order valence-electron chi connectivity index (χ4n) is 2.12. The molecular formula is C15H22N2O2. The summed E-state index contributed by atoms with van der Waals surface area (Å²) in [5, 5.41) is 2.93. The van der Waals surface area contributed by atoms with Gasteiger partial charge in [-0.1, -0.05) is 17.7 Å². The number of aryl methyl sites for hydroxylation is 1. The second-order valence-corrected chi connectivity index (χ2v) is 4.94. The van der Waals surface area contributed by atoms with E-state index in [1.165, 1.54) is 5.56 Å². The number of carbonyl (C=O) groups is 1. The van der Waals surface area contributed by atoms with Gasteiger partial charge in [-0.3, -0.25) is 0 Å². The maximum Gasteiger partial charge on any atom is 0.317 e. The number of amides is 2. The molecule has 1 N–H and O–H groups in total. The summed E-state index contributed by atoms with van der Waals surface area (Å²) in [6, 6.07) is 8.07. The molecule has 4 nitrogen and oxygen atoms in total. The lowest BCUT2D eigenvalue weighted by molar-refractivity contribution is 0.207. The van der Waals surface area contributed by atoms with Crippen LogP contribution in [0.25, 0.3) is 0 Å². The number of hydrogen-bond acceptors (Lipinski definition) is 2. The molecule has 0 radical (unpaired) electrons. The Hall–Kier alpha value is -1.71. The van der Waals surface area contributed by atoms with E-state index in [1.807, 2.05) is 29.2 Å². The summed E-state index contributed by atoms with van der Waals surface area (Å²) in [5.74, 6) is 0.886. The van der Waals surface area contributed by atoms with Gasteiger partial charge in [0.2, 0.25) is 0 Å². The predicted molar refractivity (Wildman–Crippen MR) is 75.5 cm³/mol. The third kappa shape index (κ3) is 4.47. The molecule has 0 aromatic heterocycles.